The van der Waals surface area contributed by atoms with Gasteiger partial charge in [-0.3, -0.25) is 9.89 Å². The Balaban J connectivity index is 1.29. The first-order chi connectivity index (χ1) is 20.4. The van der Waals surface area contributed by atoms with Crippen molar-refractivity contribution in [3.8, 4) is 23.2 Å². The molecule has 0 aliphatic heterocycles. The maximum absolute atomic E-state index is 13.1. The molecule has 0 aliphatic carbocycles. The number of carbonyl (C=O) groups is 1. The van der Waals surface area contributed by atoms with E-state index in [2.05, 4.69) is 26.9 Å². The number of carbonyl (C=O) groups excluding carboxylic acids is 1. The molecule has 0 radical (unpaired) electrons. The predicted octanol–water partition coefficient (Wildman–Crippen LogP) is 7.25. The molecule has 0 aliphatic rings. The van der Waals surface area contributed by atoms with Gasteiger partial charge in [0.2, 0.25) is 0 Å². The van der Waals surface area contributed by atoms with E-state index in [-0.39, 0.29) is 16.6 Å². The molecule has 2 heterocycles. The van der Waals surface area contributed by atoms with Crippen LogP contribution >= 0.6 is 23.6 Å². The Morgan fingerprint density at radius 1 is 1.12 bits per heavy atom. The summed E-state index contributed by atoms with van der Waals surface area (Å²) >= 11 is 7.35. The molecule has 1 unspecified atom stereocenters. The van der Waals surface area contributed by atoms with Crippen LogP contribution in [0.25, 0.3) is 17.0 Å². The molecule has 42 heavy (non-hydrogen) atoms. The average Bonchev–Trinajstić information content (AvgIpc) is 3.53. The lowest BCUT2D eigenvalue weighted by atomic mass is 10.1. The van der Waals surface area contributed by atoms with Crippen LogP contribution in [0, 0.1) is 25.2 Å². The van der Waals surface area contributed by atoms with Crippen molar-refractivity contribution in [2.45, 2.75) is 38.2 Å². The minimum atomic E-state index is -0.667. The van der Waals surface area contributed by atoms with Gasteiger partial charge in [-0.1, -0.05) is 66.6 Å². The van der Waals surface area contributed by atoms with Crippen LogP contribution in [0.1, 0.15) is 30.0 Å². The first-order valence-corrected chi connectivity index (χ1v) is 14.2. The number of hydrogen-bond acceptors (Lipinski definition) is 8. The molecular formula is C30H27ClN6O4S. The van der Waals surface area contributed by atoms with Gasteiger partial charge >= 0.3 is 0 Å². The minimum Gasteiger partial charge on any atom is -0.480 e. The normalized spacial score (nSPS) is 11.7. The van der Waals surface area contributed by atoms with Crippen molar-refractivity contribution >= 4 is 46.6 Å². The second-order valence-corrected chi connectivity index (χ2v) is 10.5. The number of rotatable bonds is 11. The SMILES string of the molecule is CCC(Oc1ccc(C)cc1C)C(=O)Nc1cccc(-c2nc3c(C#N)c(SOONc4ccccc4)c(Cl)n3[nH]2)c1. The second kappa shape index (κ2) is 13.0. The predicted molar refractivity (Wildman–Crippen MR) is 162 cm³/mol. The molecular weight excluding hydrogens is 576 g/mol. The van der Waals surface area contributed by atoms with Crippen LogP contribution in [0.5, 0.6) is 5.75 Å². The maximum Gasteiger partial charge on any atom is 0.265 e. The van der Waals surface area contributed by atoms with Gasteiger partial charge in [0.15, 0.2) is 17.6 Å². The van der Waals surface area contributed by atoms with Crippen LogP contribution in [0.2, 0.25) is 5.15 Å². The lowest BCUT2D eigenvalue weighted by Crippen LogP contribution is -2.32. The summed E-state index contributed by atoms with van der Waals surface area (Å²) < 4.78 is 12.7. The number of aryl methyl sites for hydroxylation is 2. The highest BCUT2D eigenvalue weighted by Gasteiger charge is 2.23. The van der Waals surface area contributed by atoms with Gasteiger partial charge in [-0.2, -0.15) is 5.26 Å². The lowest BCUT2D eigenvalue weighted by molar-refractivity contribution is -0.161. The molecule has 2 aromatic heterocycles. The van der Waals surface area contributed by atoms with E-state index in [4.69, 9.17) is 25.7 Å². The summed E-state index contributed by atoms with van der Waals surface area (Å²) in [5.41, 5.74) is 7.22. The summed E-state index contributed by atoms with van der Waals surface area (Å²) in [5.74, 6) is 0.870. The Morgan fingerprint density at radius 2 is 1.90 bits per heavy atom. The highest BCUT2D eigenvalue weighted by atomic mass is 35.5. The Morgan fingerprint density at radius 3 is 2.64 bits per heavy atom. The topological polar surface area (TPSA) is 126 Å². The van der Waals surface area contributed by atoms with Crippen molar-refractivity contribution in [2.24, 2.45) is 0 Å². The molecule has 214 valence electrons. The Labute approximate surface area is 251 Å². The van der Waals surface area contributed by atoms with Crippen molar-refractivity contribution in [3.63, 3.8) is 0 Å². The quantitative estimate of drug-likeness (QED) is 0.0624. The van der Waals surface area contributed by atoms with Gasteiger partial charge in [-0.05, 0) is 56.2 Å². The number of H-pyrrole nitrogens is 1. The third-order valence-electron chi connectivity index (χ3n) is 6.34. The third-order valence-corrected chi connectivity index (χ3v) is 7.51. The monoisotopic (exact) mass is 602 g/mol. The van der Waals surface area contributed by atoms with Crippen molar-refractivity contribution in [1.82, 2.24) is 14.6 Å². The number of nitrogens with one attached hydrogen (secondary N) is 3. The molecule has 5 aromatic rings. The lowest BCUT2D eigenvalue weighted by Gasteiger charge is -2.19. The van der Waals surface area contributed by atoms with Crippen molar-refractivity contribution < 1.29 is 18.9 Å². The zero-order chi connectivity index (χ0) is 29.6. The maximum atomic E-state index is 13.1. The van der Waals surface area contributed by atoms with Crippen LogP contribution in [0.3, 0.4) is 0 Å². The molecule has 0 saturated carbocycles. The Bertz CT molecular complexity index is 1770. The summed E-state index contributed by atoms with van der Waals surface area (Å²) in [6.45, 7) is 5.87. The minimum absolute atomic E-state index is 0.201. The van der Waals surface area contributed by atoms with E-state index < -0.39 is 6.10 Å². The first kappa shape index (κ1) is 29.0. The number of anilines is 2. The Hall–Kier alpha value is -4.47. The fraction of sp³-hybridized carbons (Fsp3) is 0.167. The van der Waals surface area contributed by atoms with E-state index in [0.29, 0.717) is 45.5 Å². The van der Waals surface area contributed by atoms with E-state index in [1.807, 2.05) is 63.2 Å². The summed E-state index contributed by atoms with van der Waals surface area (Å²) in [4.78, 5) is 23.0. The van der Waals surface area contributed by atoms with E-state index in [1.165, 1.54) is 4.52 Å². The molecule has 1 atom stereocenters. The number of fused-ring (bicyclic) bond motifs is 1. The molecule has 1 amide bonds. The zero-order valence-corrected chi connectivity index (χ0v) is 24.5. The molecule has 3 N–H and O–H groups in total. The van der Waals surface area contributed by atoms with Gasteiger partial charge in [0.1, 0.15) is 22.5 Å². The largest absolute Gasteiger partial charge is 0.480 e. The molecule has 0 fully saturated rings. The summed E-state index contributed by atoms with van der Waals surface area (Å²) in [7, 11) is 0. The highest BCUT2D eigenvalue weighted by Crippen LogP contribution is 2.36. The first-order valence-electron chi connectivity index (χ1n) is 13.0. The fourth-order valence-electron chi connectivity index (χ4n) is 4.26. The van der Waals surface area contributed by atoms with Gasteiger partial charge in [0, 0.05) is 11.3 Å². The van der Waals surface area contributed by atoms with Crippen molar-refractivity contribution in [2.75, 3.05) is 10.8 Å². The highest BCUT2D eigenvalue weighted by molar-refractivity contribution is 7.94. The standard InChI is InChI=1S/C30H27ClN6O4S/c1-4-24(39-25-14-13-18(2)15-19(25)3)30(38)33-22-12-8-9-20(16-22)28-34-29-23(17-32)26(27(31)37(29)35-28)42-41-40-36-21-10-6-5-7-11-21/h5-16,24,36H,4H2,1-3H3,(H,33,38)(H,34,35). The number of hydrogen-bond donors (Lipinski definition) is 3. The number of aromatic nitrogens is 3. The molecule has 0 spiro atoms. The number of halogens is 1. The van der Waals surface area contributed by atoms with E-state index >= 15 is 0 Å². The smallest absolute Gasteiger partial charge is 0.265 e. The summed E-state index contributed by atoms with van der Waals surface area (Å²) in [5, 5.41) is 16.1. The average molecular weight is 603 g/mol. The van der Waals surface area contributed by atoms with Crippen LogP contribution in [0.15, 0.2) is 77.7 Å². The number of nitriles is 1. The second-order valence-electron chi connectivity index (χ2n) is 9.39. The fourth-order valence-corrected chi connectivity index (χ4v) is 5.09. The third kappa shape index (κ3) is 6.37. The van der Waals surface area contributed by atoms with Crippen LogP contribution in [-0.2, 0) is 14.1 Å². The van der Waals surface area contributed by atoms with Gasteiger partial charge in [-0.15, -0.1) is 9.32 Å². The molecule has 12 heteroatoms. The van der Waals surface area contributed by atoms with E-state index in [9.17, 15) is 10.1 Å². The molecule has 5 rings (SSSR count). The Kier molecular flexibility index (Phi) is 9.00. The number of amides is 1. The van der Waals surface area contributed by atoms with Crippen LogP contribution in [-0.4, -0.2) is 26.6 Å². The van der Waals surface area contributed by atoms with Crippen molar-refractivity contribution in [1.29, 1.82) is 5.26 Å². The summed E-state index contributed by atoms with van der Waals surface area (Å²) in [6, 6.07) is 24.3. The number of ether oxygens (including phenoxy) is 1. The number of para-hydroxylation sites is 1. The van der Waals surface area contributed by atoms with Gasteiger partial charge in [0.05, 0.1) is 22.6 Å². The van der Waals surface area contributed by atoms with Gasteiger partial charge in [0.25, 0.3) is 5.91 Å². The van der Waals surface area contributed by atoms with Crippen molar-refractivity contribution in [3.05, 3.63) is 94.6 Å². The van der Waals surface area contributed by atoms with Gasteiger partial charge < -0.3 is 10.1 Å². The van der Waals surface area contributed by atoms with Gasteiger partial charge in [-0.25, -0.2) is 15.0 Å². The molecule has 0 saturated heterocycles. The summed E-state index contributed by atoms with van der Waals surface area (Å²) in [6.07, 6.45) is -0.171. The number of benzene rings is 3. The van der Waals surface area contributed by atoms with Crippen LogP contribution in [0.4, 0.5) is 11.4 Å². The van der Waals surface area contributed by atoms with Crippen LogP contribution < -0.4 is 15.5 Å². The zero-order valence-electron chi connectivity index (χ0n) is 23.0. The number of nitrogens with zero attached hydrogens (tertiary/aromatic N) is 3. The number of aromatic amines is 1. The van der Waals surface area contributed by atoms with E-state index in [0.717, 1.165) is 23.2 Å². The molecule has 0 bridgehead atoms. The molecule has 3 aromatic carbocycles. The van der Waals surface area contributed by atoms with E-state index in [1.54, 1.807) is 30.3 Å². The molecule has 10 nitrogen and oxygen atoms in total.